The Morgan fingerprint density at radius 3 is 3.05 bits per heavy atom. The second kappa shape index (κ2) is 6.89. The summed E-state index contributed by atoms with van der Waals surface area (Å²) in [7, 11) is 1.63. The minimum atomic E-state index is -0.0844. The van der Waals surface area contributed by atoms with Crippen molar-refractivity contribution in [3.63, 3.8) is 0 Å². The summed E-state index contributed by atoms with van der Waals surface area (Å²) in [6.45, 7) is 0.462. The van der Waals surface area contributed by atoms with Crippen LogP contribution in [-0.2, 0) is 16.1 Å². The van der Waals surface area contributed by atoms with Crippen molar-refractivity contribution in [3.05, 3.63) is 29.8 Å². The van der Waals surface area contributed by atoms with Crippen molar-refractivity contribution in [1.82, 2.24) is 20.2 Å². The molecule has 1 fully saturated rings. The number of ether oxygens (including phenoxy) is 1. The highest BCUT2D eigenvalue weighted by atomic mass is 32.2. The van der Waals surface area contributed by atoms with E-state index in [-0.39, 0.29) is 11.7 Å². The highest BCUT2D eigenvalue weighted by Gasteiger charge is 2.28. The normalized spacial score (nSPS) is 14.0. The van der Waals surface area contributed by atoms with E-state index in [0.717, 1.165) is 24.1 Å². The molecule has 0 saturated heterocycles. The van der Waals surface area contributed by atoms with Crippen molar-refractivity contribution >= 4 is 23.4 Å². The number of carbonyl (C=O) groups is 1. The average molecular weight is 319 g/mol. The number of tetrazole rings is 1. The van der Waals surface area contributed by atoms with Gasteiger partial charge in [-0.3, -0.25) is 4.79 Å². The van der Waals surface area contributed by atoms with E-state index in [1.807, 2.05) is 24.3 Å². The van der Waals surface area contributed by atoms with E-state index >= 15 is 0 Å². The van der Waals surface area contributed by atoms with Crippen LogP contribution < -0.4 is 5.32 Å². The molecule has 8 heteroatoms. The van der Waals surface area contributed by atoms with Gasteiger partial charge >= 0.3 is 0 Å². The Labute approximate surface area is 132 Å². The van der Waals surface area contributed by atoms with Crippen LogP contribution in [0.25, 0.3) is 0 Å². The maximum Gasteiger partial charge on any atom is 0.234 e. The number of amides is 1. The Morgan fingerprint density at radius 2 is 2.27 bits per heavy atom. The zero-order valence-corrected chi connectivity index (χ0v) is 13.0. The van der Waals surface area contributed by atoms with Crippen molar-refractivity contribution in [2.24, 2.45) is 0 Å². The average Bonchev–Trinajstić information content (AvgIpc) is 3.26. The van der Waals surface area contributed by atoms with Crippen molar-refractivity contribution < 1.29 is 9.53 Å². The molecule has 1 aliphatic carbocycles. The first kappa shape index (κ1) is 15.0. The van der Waals surface area contributed by atoms with Gasteiger partial charge in [0.15, 0.2) is 0 Å². The summed E-state index contributed by atoms with van der Waals surface area (Å²) < 4.78 is 6.93. The van der Waals surface area contributed by atoms with Gasteiger partial charge in [0.05, 0.1) is 18.4 Å². The molecule has 1 N–H and O–H groups in total. The molecule has 0 aliphatic heterocycles. The lowest BCUT2D eigenvalue weighted by Crippen LogP contribution is -2.16. The van der Waals surface area contributed by atoms with Crippen LogP contribution in [0.1, 0.15) is 24.4 Å². The molecule has 2 aromatic rings. The Balaban J connectivity index is 1.57. The lowest BCUT2D eigenvalue weighted by atomic mass is 10.2. The van der Waals surface area contributed by atoms with E-state index in [1.54, 1.807) is 11.8 Å². The first-order valence-corrected chi connectivity index (χ1v) is 8.04. The first-order chi connectivity index (χ1) is 10.8. The molecule has 0 atom stereocenters. The molecule has 22 heavy (non-hydrogen) atoms. The van der Waals surface area contributed by atoms with Gasteiger partial charge in [0.25, 0.3) is 0 Å². The van der Waals surface area contributed by atoms with Crippen LogP contribution in [0.4, 0.5) is 5.69 Å². The van der Waals surface area contributed by atoms with Crippen LogP contribution in [0.15, 0.2) is 29.4 Å². The number of nitrogens with one attached hydrogen (secondary N) is 1. The summed E-state index contributed by atoms with van der Waals surface area (Å²) in [6.07, 6.45) is 2.21. The predicted octanol–water partition coefficient (Wildman–Crippen LogP) is 1.89. The minimum absolute atomic E-state index is 0.0844. The van der Waals surface area contributed by atoms with Gasteiger partial charge in [-0.25, -0.2) is 4.68 Å². The number of thioether (sulfide) groups is 1. The summed E-state index contributed by atoms with van der Waals surface area (Å²) in [5.41, 5.74) is 1.72. The molecule has 0 radical (unpaired) electrons. The van der Waals surface area contributed by atoms with Crippen LogP contribution in [-0.4, -0.2) is 39.0 Å². The second-order valence-electron chi connectivity index (χ2n) is 5.06. The number of carbonyl (C=O) groups excluding carboxylic acids is 1. The molecule has 3 rings (SSSR count). The largest absolute Gasteiger partial charge is 0.380 e. The maximum absolute atomic E-state index is 12.1. The SMILES string of the molecule is COCc1ccccc1NC(=O)CSc1nnnn1C1CC1. The molecule has 1 heterocycles. The third kappa shape index (κ3) is 3.63. The summed E-state index contributed by atoms with van der Waals surface area (Å²) >= 11 is 1.35. The van der Waals surface area contributed by atoms with Gasteiger partial charge in [-0.05, 0) is 29.3 Å². The van der Waals surface area contributed by atoms with E-state index in [4.69, 9.17) is 4.74 Å². The van der Waals surface area contributed by atoms with Crippen molar-refractivity contribution in [2.75, 3.05) is 18.2 Å². The molecule has 0 bridgehead atoms. The Bertz CT molecular complexity index is 656. The van der Waals surface area contributed by atoms with Crippen molar-refractivity contribution in [3.8, 4) is 0 Å². The van der Waals surface area contributed by atoms with Crippen molar-refractivity contribution in [1.29, 1.82) is 0 Å². The predicted molar refractivity (Wildman–Crippen MR) is 82.6 cm³/mol. The molecule has 1 saturated carbocycles. The van der Waals surface area contributed by atoms with Gasteiger partial charge in [0.1, 0.15) is 0 Å². The highest BCUT2D eigenvalue weighted by molar-refractivity contribution is 7.99. The topological polar surface area (TPSA) is 81.9 Å². The van der Waals surface area contributed by atoms with Crippen LogP contribution >= 0.6 is 11.8 Å². The van der Waals surface area contributed by atoms with Gasteiger partial charge in [-0.1, -0.05) is 30.0 Å². The number of hydrogen-bond acceptors (Lipinski definition) is 6. The zero-order valence-electron chi connectivity index (χ0n) is 12.2. The van der Waals surface area contributed by atoms with E-state index in [0.29, 0.717) is 17.8 Å². The lowest BCUT2D eigenvalue weighted by molar-refractivity contribution is -0.113. The fraction of sp³-hybridized carbons (Fsp3) is 0.429. The third-order valence-corrected chi connectivity index (χ3v) is 4.21. The Kier molecular flexibility index (Phi) is 4.69. The number of aromatic nitrogens is 4. The van der Waals surface area contributed by atoms with Crippen LogP contribution in [0.5, 0.6) is 0 Å². The summed E-state index contributed by atoms with van der Waals surface area (Å²) in [5, 5.41) is 15.2. The second-order valence-corrected chi connectivity index (χ2v) is 6.01. The number of para-hydroxylation sites is 1. The number of nitrogens with zero attached hydrogens (tertiary/aromatic N) is 4. The number of rotatable bonds is 7. The van der Waals surface area contributed by atoms with Gasteiger partial charge in [-0.2, -0.15) is 0 Å². The van der Waals surface area contributed by atoms with E-state index in [9.17, 15) is 4.79 Å². The molecule has 1 amide bonds. The number of benzene rings is 1. The molecular weight excluding hydrogens is 302 g/mol. The number of methoxy groups -OCH3 is 1. The van der Waals surface area contributed by atoms with Crippen LogP contribution in [0, 0.1) is 0 Å². The summed E-state index contributed by atoms with van der Waals surface area (Å²) in [5.74, 6) is 0.188. The fourth-order valence-electron chi connectivity index (χ4n) is 2.07. The molecule has 0 unspecified atom stereocenters. The summed E-state index contributed by atoms with van der Waals surface area (Å²) in [6, 6.07) is 8.01. The van der Waals surface area contributed by atoms with Crippen LogP contribution in [0.3, 0.4) is 0 Å². The standard InChI is InChI=1S/C14H17N5O2S/c1-21-8-10-4-2-3-5-12(10)15-13(20)9-22-14-16-17-18-19(14)11-6-7-11/h2-5,11H,6-9H2,1H3,(H,15,20). The first-order valence-electron chi connectivity index (χ1n) is 7.05. The molecular formula is C14H17N5O2S. The quantitative estimate of drug-likeness (QED) is 0.785. The zero-order chi connectivity index (χ0) is 15.4. The van der Waals surface area contributed by atoms with Gasteiger partial charge < -0.3 is 10.1 Å². The van der Waals surface area contributed by atoms with Crippen molar-refractivity contribution in [2.45, 2.75) is 30.6 Å². The molecule has 116 valence electrons. The lowest BCUT2D eigenvalue weighted by Gasteiger charge is -2.10. The fourth-order valence-corrected chi connectivity index (χ4v) is 2.81. The van der Waals surface area contributed by atoms with E-state index < -0.39 is 0 Å². The monoisotopic (exact) mass is 319 g/mol. The highest BCUT2D eigenvalue weighted by Crippen LogP contribution is 2.36. The molecule has 1 aromatic carbocycles. The summed E-state index contributed by atoms with van der Waals surface area (Å²) in [4.78, 5) is 12.1. The van der Waals surface area contributed by atoms with E-state index in [1.165, 1.54) is 11.8 Å². The third-order valence-electron chi connectivity index (χ3n) is 3.28. The number of anilines is 1. The molecule has 1 aromatic heterocycles. The smallest absolute Gasteiger partial charge is 0.234 e. The van der Waals surface area contributed by atoms with E-state index in [2.05, 4.69) is 20.8 Å². The van der Waals surface area contributed by atoms with Gasteiger partial charge in [-0.15, -0.1) is 5.10 Å². The Morgan fingerprint density at radius 1 is 1.45 bits per heavy atom. The Hall–Kier alpha value is -1.93. The molecule has 0 spiro atoms. The number of hydrogen-bond donors (Lipinski definition) is 1. The molecule has 1 aliphatic rings. The van der Waals surface area contributed by atoms with Crippen LogP contribution in [0.2, 0.25) is 0 Å². The van der Waals surface area contributed by atoms with Gasteiger partial charge in [0.2, 0.25) is 11.1 Å². The molecule has 7 nitrogen and oxygen atoms in total. The van der Waals surface area contributed by atoms with Gasteiger partial charge in [0, 0.05) is 18.4 Å². The minimum Gasteiger partial charge on any atom is -0.380 e. The maximum atomic E-state index is 12.1.